The van der Waals surface area contributed by atoms with Crippen LogP contribution in [0, 0.1) is 13.8 Å². The van der Waals surface area contributed by atoms with Crippen molar-refractivity contribution in [3.63, 3.8) is 0 Å². The highest BCUT2D eigenvalue weighted by Crippen LogP contribution is 2.39. The fraction of sp³-hybridized carbons (Fsp3) is 0.600. The van der Waals surface area contributed by atoms with E-state index in [0.717, 1.165) is 12.5 Å². The van der Waals surface area contributed by atoms with E-state index < -0.39 is 0 Å². The Bertz CT molecular complexity index is 398. The minimum absolute atomic E-state index is 0.729. The summed E-state index contributed by atoms with van der Waals surface area (Å²) in [5, 5.41) is 3.27. The number of anilines is 1. The van der Waals surface area contributed by atoms with Crippen molar-refractivity contribution in [1.82, 2.24) is 5.32 Å². The molecule has 1 aromatic carbocycles. The van der Waals surface area contributed by atoms with E-state index in [1.165, 1.54) is 36.2 Å². The lowest BCUT2D eigenvalue weighted by Gasteiger charge is -2.35. The molecule has 1 aliphatic rings. The molecule has 2 nitrogen and oxygen atoms in total. The predicted molar refractivity (Wildman–Crippen MR) is 75.1 cm³/mol. The van der Waals surface area contributed by atoms with Gasteiger partial charge in [0.25, 0.3) is 0 Å². The van der Waals surface area contributed by atoms with Crippen LogP contribution in [-0.2, 0) is 0 Å². The molecule has 0 saturated heterocycles. The minimum Gasteiger partial charge on any atom is -0.374 e. The van der Waals surface area contributed by atoms with E-state index in [0.29, 0.717) is 0 Å². The maximum atomic E-state index is 3.27. The van der Waals surface area contributed by atoms with E-state index in [1.807, 2.05) is 7.05 Å². The third-order valence-electron chi connectivity index (χ3n) is 3.85. The van der Waals surface area contributed by atoms with E-state index in [2.05, 4.69) is 43.2 Å². The maximum absolute atomic E-state index is 3.27. The highest BCUT2D eigenvalue weighted by Gasteiger charge is 2.24. The van der Waals surface area contributed by atoms with Crippen molar-refractivity contribution in [2.75, 3.05) is 32.1 Å². The van der Waals surface area contributed by atoms with Gasteiger partial charge in [-0.2, -0.15) is 0 Å². The fourth-order valence-electron chi connectivity index (χ4n) is 3.06. The average molecular weight is 232 g/mol. The number of aryl methyl sites for hydroxylation is 2. The first kappa shape index (κ1) is 12.4. The Morgan fingerprint density at radius 3 is 2.82 bits per heavy atom. The molecule has 0 bridgehead atoms. The largest absolute Gasteiger partial charge is 0.374 e. The summed E-state index contributed by atoms with van der Waals surface area (Å²) in [6.07, 6.45) is 2.54. The van der Waals surface area contributed by atoms with Crippen LogP contribution >= 0.6 is 0 Å². The summed E-state index contributed by atoms with van der Waals surface area (Å²) in [6, 6.07) is 4.69. The number of rotatable bonds is 3. The molecular formula is C15H24N2. The lowest BCUT2D eigenvalue weighted by molar-refractivity contribution is 0.538. The summed E-state index contributed by atoms with van der Waals surface area (Å²) in [5.41, 5.74) is 5.86. The van der Waals surface area contributed by atoms with E-state index in [9.17, 15) is 0 Å². The molecule has 2 heteroatoms. The highest BCUT2D eigenvalue weighted by molar-refractivity contribution is 5.63. The molecule has 1 aromatic rings. The Hall–Kier alpha value is -1.02. The smallest absolute Gasteiger partial charge is 0.0428 e. The summed E-state index contributed by atoms with van der Waals surface area (Å²) in [6.45, 7) is 6.74. The molecule has 1 unspecified atom stereocenters. The number of nitrogens with one attached hydrogen (secondary N) is 1. The zero-order chi connectivity index (χ0) is 12.4. The number of hydrogen-bond donors (Lipinski definition) is 1. The van der Waals surface area contributed by atoms with Crippen LogP contribution in [-0.4, -0.2) is 27.2 Å². The van der Waals surface area contributed by atoms with Crippen LogP contribution in [0.2, 0.25) is 0 Å². The number of nitrogens with zero attached hydrogens (tertiary/aromatic N) is 1. The molecule has 0 aromatic heterocycles. The van der Waals surface area contributed by atoms with Crippen molar-refractivity contribution in [3.8, 4) is 0 Å². The van der Waals surface area contributed by atoms with Crippen molar-refractivity contribution in [2.24, 2.45) is 0 Å². The molecule has 94 valence electrons. The lowest BCUT2D eigenvalue weighted by Crippen LogP contribution is -2.29. The second-order valence-electron chi connectivity index (χ2n) is 5.32. The molecule has 0 spiro atoms. The first-order valence-corrected chi connectivity index (χ1v) is 6.60. The van der Waals surface area contributed by atoms with E-state index in [1.54, 1.807) is 5.56 Å². The third kappa shape index (κ3) is 2.47. The average Bonchev–Trinajstić information content (AvgIpc) is 2.27. The second kappa shape index (κ2) is 5.09. The Kier molecular flexibility index (Phi) is 3.72. The zero-order valence-electron chi connectivity index (χ0n) is 11.5. The Morgan fingerprint density at radius 1 is 1.35 bits per heavy atom. The van der Waals surface area contributed by atoms with Gasteiger partial charge >= 0.3 is 0 Å². The number of hydrogen-bond acceptors (Lipinski definition) is 2. The van der Waals surface area contributed by atoms with Crippen LogP contribution in [0.15, 0.2) is 12.1 Å². The molecule has 0 saturated carbocycles. The fourth-order valence-corrected chi connectivity index (χ4v) is 3.06. The van der Waals surface area contributed by atoms with Crippen LogP contribution < -0.4 is 10.2 Å². The zero-order valence-corrected chi connectivity index (χ0v) is 11.5. The van der Waals surface area contributed by atoms with Crippen molar-refractivity contribution in [2.45, 2.75) is 32.6 Å². The first-order chi connectivity index (χ1) is 8.13. The monoisotopic (exact) mass is 232 g/mol. The van der Waals surface area contributed by atoms with E-state index in [-0.39, 0.29) is 0 Å². The van der Waals surface area contributed by atoms with Gasteiger partial charge in [0.05, 0.1) is 0 Å². The van der Waals surface area contributed by atoms with Crippen molar-refractivity contribution < 1.29 is 0 Å². The summed E-state index contributed by atoms with van der Waals surface area (Å²) < 4.78 is 0. The van der Waals surface area contributed by atoms with Crippen LogP contribution in [0.5, 0.6) is 0 Å². The molecule has 1 atom stereocenters. The molecule has 2 rings (SSSR count). The van der Waals surface area contributed by atoms with Gasteiger partial charge in [-0.05, 0) is 57.3 Å². The van der Waals surface area contributed by atoms with E-state index in [4.69, 9.17) is 0 Å². The summed E-state index contributed by atoms with van der Waals surface area (Å²) >= 11 is 0. The van der Waals surface area contributed by atoms with Crippen LogP contribution in [0.1, 0.15) is 35.4 Å². The maximum Gasteiger partial charge on any atom is 0.0428 e. The first-order valence-electron chi connectivity index (χ1n) is 6.60. The van der Waals surface area contributed by atoms with Gasteiger partial charge in [-0.3, -0.25) is 0 Å². The van der Waals surface area contributed by atoms with Gasteiger partial charge < -0.3 is 10.2 Å². The van der Waals surface area contributed by atoms with Gasteiger partial charge in [0.1, 0.15) is 0 Å². The van der Waals surface area contributed by atoms with Gasteiger partial charge in [0, 0.05) is 19.3 Å². The predicted octanol–water partition coefficient (Wildman–Crippen LogP) is 2.84. The van der Waals surface area contributed by atoms with Gasteiger partial charge in [-0.25, -0.2) is 0 Å². The van der Waals surface area contributed by atoms with Gasteiger partial charge in [-0.1, -0.05) is 17.7 Å². The van der Waals surface area contributed by atoms with Crippen LogP contribution in [0.4, 0.5) is 5.69 Å². The molecule has 0 radical (unpaired) electrons. The topological polar surface area (TPSA) is 15.3 Å². The number of fused-ring (bicyclic) bond motifs is 1. The minimum atomic E-state index is 0.729. The highest BCUT2D eigenvalue weighted by atomic mass is 15.1. The van der Waals surface area contributed by atoms with Crippen molar-refractivity contribution in [1.29, 1.82) is 0 Å². The SMILES string of the molecule is CNCCC1CCN(C)c2c(C)cc(C)cc21. The summed E-state index contributed by atoms with van der Waals surface area (Å²) in [4.78, 5) is 2.42. The molecule has 1 heterocycles. The lowest BCUT2D eigenvalue weighted by atomic mass is 9.85. The van der Waals surface area contributed by atoms with Gasteiger partial charge in [-0.15, -0.1) is 0 Å². The van der Waals surface area contributed by atoms with Gasteiger partial charge in [0.15, 0.2) is 0 Å². The normalized spacial score (nSPS) is 19.3. The summed E-state index contributed by atoms with van der Waals surface area (Å²) in [7, 11) is 4.26. The third-order valence-corrected chi connectivity index (χ3v) is 3.85. The molecule has 0 aliphatic carbocycles. The Labute approximate surface area is 105 Å². The Balaban J connectivity index is 2.37. The second-order valence-corrected chi connectivity index (χ2v) is 5.32. The number of benzene rings is 1. The molecular weight excluding hydrogens is 208 g/mol. The molecule has 17 heavy (non-hydrogen) atoms. The van der Waals surface area contributed by atoms with Crippen LogP contribution in [0.25, 0.3) is 0 Å². The quantitative estimate of drug-likeness (QED) is 0.862. The van der Waals surface area contributed by atoms with Crippen molar-refractivity contribution >= 4 is 5.69 Å². The molecule has 0 fully saturated rings. The van der Waals surface area contributed by atoms with E-state index >= 15 is 0 Å². The van der Waals surface area contributed by atoms with Gasteiger partial charge in [0.2, 0.25) is 0 Å². The van der Waals surface area contributed by atoms with Crippen molar-refractivity contribution in [3.05, 3.63) is 28.8 Å². The van der Waals surface area contributed by atoms with Crippen LogP contribution in [0.3, 0.4) is 0 Å². The summed E-state index contributed by atoms with van der Waals surface area (Å²) in [5.74, 6) is 0.729. The Morgan fingerprint density at radius 2 is 2.12 bits per heavy atom. The molecule has 1 N–H and O–H groups in total. The molecule has 0 amide bonds. The standard InChI is InChI=1S/C15H24N2/c1-11-9-12(2)15-14(10-11)13(5-7-16-3)6-8-17(15)4/h9-10,13,16H,5-8H2,1-4H3. The molecule has 1 aliphatic heterocycles.